The zero-order valence-corrected chi connectivity index (χ0v) is 12.3. The Labute approximate surface area is 123 Å². The van der Waals surface area contributed by atoms with E-state index in [0.717, 1.165) is 22.2 Å². The van der Waals surface area contributed by atoms with E-state index in [4.69, 9.17) is 5.73 Å². The Morgan fingerprint density at radius 3 is 2.52 bits per heavy atom. The predicted octanol–water partition coefficient (Wildman–Crippen LogP) is 3.10. The summed E-state index contributed by atoms with van der Waals surface area (Å²) in [6, 6.07) is 10.0. The van der Waals surface area contributed by atoms with Crippen LogP contribution < -0.4 is 5.73 Å². The lowest BCUT2D eigenvalue weighted by Crippen LogP contribution is -2.07. The summed E-state index contributed by atoms with van der Waals surface area (Å²) in [4.78, 5) is 17.5. The van der Waals surface area contributed by atoms with Crippen molar-refractivity contribution >= 4 is 16.9 Å². The minimum atomic E-state index is 0.190. The van der Waals surface area contributed by atoms with Gasteiger partial charge in [-0.1, -0.05) is 32.0 Å². The van der Waals surface area contributed by atoms with E-state index in [2.05, 4.69) is 32.9 Å². The van der Waals surface area contributed by atoms with Gasteiger partial charge in [0, 0.05) is 11.3 Å². The molecule has 0 aliphatic rings. The molecule has 0 amide bonds. The summed E-state index contributed by atoms with van der Waals surface area (Å²) >= 11 is 0. The number of nitrogens with zero attached hydrogens (tertiary/aromatic N) is 4. The highest BCUT2D eigenvalue weighted by molar-refractivity contribution is 5.84. The molecule has 0 saturated carbocycles. The van der Waals surface area contributed by atoms with Gasteiger partial charge in [-0.2, -0.15) is 9.97 Å². The van der Waals surface area contributed by atoms with Crippen LogP contribution in [-0.2, 0) is 0 Å². The van der Waals surface area contributed by atoms with Crippen LogP contribution in [0, 0.1) is 6.92 Å². The smallest absolute Gasteiger partial charge is 0.223 e. The van der Waals surface area contributed by atoms with Gasteiger partial charge in [0.2, 0.25) is 5.95 Å². The van der Waals surface area contributed by atoms with Crippen molar-refractivity contribution in [3.63, 3.8) is 0 Å². The number of benzene rings is 1. The fourth-order valence-electron chi connectivity index (χ4n) is 2.25. The molecular formula is C16H17N5. The molecule has 0 fully saturated rings. The third kappa shape index (κ3) is 2.54. The first-order valence-electron chi connectivity index (χ1n) is 6.93. The van der Waals surface area contributed by atoms with Crippen LogP contribution in [0.3, 0.4) is 0 Å². The number of para-hydroxylation sites is 1. The number of rotatable bonds is 2. The van der Waals surface area contributed by atoms with Gasteiger partial charge in [0.1, 0.15) is 11.5 Å². The van der Waals surface area contributed by atoms with E-state index in [1.54, 1.807) is 0 Å². The van der Waals surface area contributed by atoms with Crippen LogP contribution in [0.15, 0.2) is 30.3 Å². The summed E-state index contributed by atoms with van der Waals surface area (Å²) < 4.78 is 0. The van der Waals surface area contributed by atoms with E-state index in [-0.39, 0.29) is 11.9 Å². The number of nitrogen functional groups attached to an aromatic ring is 1. The minimum absolute atomic E-state index is 0.190. The maximum absolute atomic E-state index is 5.80. The van der Waals surface area contributed by atoms with Crippen molar-refractivity contribution in [3.8, 4) is 11.5 Å². The Kier molecular flexibility index (Phi) is 3.25. The molecule has 0 unspecified atom stereocenters. The molecule has 1 aromatic carbocycles. The zero-order valence-electron chi connectivity index (χ0n) is 12.3. The monoisotopic (exact) mass is 279 g/mol. The van der Waals surface area contributed by atoms with Crippen molar-refractivity contribution in [1.29, 1.82) is 0 Å². The largest absolute Gasteiger partial charge is 0.368 e. The van der Waals surface area contributed by atoms with Crippen LogP contribution >= 0.6 is 0 Å². The molecule has 0 saturated heterocycles. The maximum Gasteiger partial charge on any atom is 0.223 e. The molecular weight excluding hydrogens is 262 g/mol. The Morgan fingerprint density at radius 1 is 1.00 bits per heavy atom. The average Bonchev–Trinajstić information content (AvgIpc) is 2.46. The van der Waals surface area contributed by atoms with Crippen molar-refractivity contribution in [1.82, 2.24) is 19.9 Å². The summed E-state index contributed by atoms with van der Waals surface area (Å²) in [6.07, 6.45) is 0. The van der Waals surface area contributed by atoms with Crippen LogP contribution in [0.2, 0.25) is 0 Å². The molecule has 0 radical (unpaired) electrons. The van der Waals surface area contributed by atoms with Crippen molar-refractivity contribution in [2.45, 2.75) is 26.7 Å². The normalized spacial score (nSPS) is 11.2. The lowest BCUT2D eigenvalue weighted by molar-refractivity contribution is 0.766. The van der Waals surface area contributed by atoms with Gasteiger partial charge in [0.05, 0.1) is 5.52 Å². The van der Waals surface area contributed by atoms with Gasteiger partial charge >= 0.3 is 0 Å². The van der Waals surface area contributed by atoms with Crippen molar-refractivity contribution in [2.75, 3.05) is 5.73 Å². The SMILES string of the molecule is Cc1cc(-c2nc(N)nc(C(C)C)n2)nc2ccccc12. The number of anilines is 1. The minimum Gasteiger partial charge on any atom is -0.368 e. The highest BCUT2D eigenvalue weighted by Gasteiger charge is 2.12. The molecule has 0 bridgehead atoms. The first kappa shape index (κ1) is 13.4. The second-order valence-corrected chi connectivity index (χ2v) is 5.37. The van der Waals surface area contributed by atoms with Gasteiger partial charge in [-0.05, 0) is 24.6 Å². The lowest BCUT2D eigenvalue weighted by Gasteiger charge is -2.08. The van der Waals surface area contributed by atoms with Gasteiger partial charge in [0.15, 0.2) is 5.82 Å². The Bertz CT molecular complexity index is 811. The molecule has 3 aromatic rings. The lowest BCUT2D eigenvalue weighted by atomic mass is 10.1. The molecule has 2 aromatic heterocycles. The Morgan fingerprint density at radius 2 is 1.76 bits per heavy atom. The fourth-order valence-corrected chi connectivity index (χ4v) is 2.25. The number of hydrogen-bond donors (Lipinski definition) is 1. The van der Waals surface area contributed by atoms with Gasteiger partial charge in [-0.15, -0.1) is 0 Å². The molecule has 5 nitrogen and oxygen atoms in total. The molecule has 0 atom stereocenters. The number of fused-ring (bicyclic) bond motifs is 1. The van der Waals surface area contributed by atoms with Crippen LogP contribution in [0.1, 0.15) is 31.2 Å². The van der Waals surface area contributed by atoms with Crippen molar-refractivity contribution in [2.24, 2.45) is 0 Å². The summed E-state index contributed by atoms with van der Waals surface area (Å²) in [5.74, 6) is 1.64. The van der Waals surface area contributed by atoms with Gasteiger partial charge < -0.3 is 5.73 Å². The Hall–Kier alpha value is -2.56. The summed E-state index contributed by atoms with van der Waals surface area (Å²) in [6.45, 7) is 6.11. The molecule has 3 rings (SSSR count). The van der Waals surface area contributed by atoms with Gasteiger partial charge in [-0.25, -0.2) is 9.97 Å². The number of pyridine rings is 1. The van der Waals surface area contributed by atoms with Crippen LogP contribution in [0.4, 0.5) is 5.95 Å². The predicted molar refractivity (Wildman–Crippen MR) is 83.8 cm³/mol. The topological polar surface area (TPSA) is 77.6 Å². The third-order valence-electron chi connectivity index (χ3n) is 3.34. The van der Waals surface area contributed by atoms with Crippen LogP contribution in [0.5, 0.6) is 0 Å². The third-order valence-corrected chi connectivity index (χ3v) is 3.34. The summed E-state index contributed by atoms with van der Waals surface area (Å²) in [7, 11) is 0. The summed E-state index contributed by atoms with van der Waals surface area (Å²) in [5.41, 5.74) is 8.59. The van der Waals surface area contributed by atoms with Gasteiger partial charge in [0.25, 0.3) is 0 Å². The number of hydrogen-bond acceptors (Lipinski definition) is 5. The molecule has 0 aliphatic heterocycles. The molecule has 2 heterocycles. The number of nitrogens with two attached hydrogens (primary N) is 1. The van der Waals surface area contributed by atoms with Crippen molar-refractivity contribution in [3.05, 3.63) is 41.7 Å². The van der Waals surface area contributed by atoms with E-state index >= 15 is 0 Å². The maximum atomic E-state index is 5.80. The Balaban J connectivity index is 2.20. The molecule has 2 N–H and O–H groups in total. The molecule has 0 spiro atoms. The fraction of sp³-hybridized carbons (Fsp3) is 0.250. The van der Waals surface area contributed by atoms with E-state index in [9.17, 15) is 0 Å². The van der Waals surface area contributed by atoms with Gasteiger partial charge in [-0.3, -0.25) is 0 Å². The number of aryl methyl sites for hydroxylation is 1. The highest BCUT2D eigenvalue weighted by Crippen LogP contribution is 2.23. The second-order valence-electron chi connectivity index (χ2n) is 5.37. The van der Waals surface area contributed by atoms with Crippen molar-refractivity contribution < 1.29 is 0 Å². The highest BCUT2D eigenvalue weighted by atomic mass is 15.1. The number of aromatic nitrogens is 4. The zero-order chi connectivity index (χ0) is 15.0. The van der Waals surface area contributed by atoms with Crippen LogP contribution in [0.25, 0.3) is 22.4 Å². The molecule has 5 heteroatoms. The van der Waals surface area contributed by atoms with Crippen LogP contribution in [-0.4, -0.2) is 19.9 Å². The first-order chi connectivity index (χ1) is 10.0. The van der Waals surface area contributed by atoms with E-state index in [0.29, 0.717) is 11.6 Å². The van der Waals surface area contributed by atoms with E-state index < -0.39 is 0 Å². The second kappa shape index (κ2) is 5.09. The molecule has 0 aliphatic carbocycles. The van der Waals surface area contributed by atoms with E-state index in [1.165, 1.54) is 0 Å². The quantitative estimate of drug-likeness (QED) is 0.780. The molecule has 21 heavy (non-hydrogen) atoms. The standard InChI is InChI=1S/C16H17N5/c1-9(2)14-19-15(21-16(17)20-14)13-8-10(3)11-6-4-5-7-12(11)18-13/h4-9H,1-3H3,(H2,17,19,20,21). The first-order valence-corrected chi connectivity index (χ1v) is 6.93. The molecule has 106 valence electrons. The summed E-state index contributed by atoms with van der Waals surface area (Å²) in [5, 5.41) is 1.13. The van der Waals surface area contributed by atoms with E-state index in [1.807, 2.05) is 38.1 Å². The average molecular weight is 279 g/mol.